The lowest BCUT2D eigenvalue weighted by Gasteiger charge is -2.29. The number of hydrogen-bond acceptors (Lipinski definition) is 3. The number of nitrogens with one attached hydrogen (secondary N) is 1. The molecule has 0 radical (unpaired) electrons. The van der Waals surface area contributed by atoms with Crippen molar-refractivity contribution in [2.45, 2.75) is 32.4 Å². The molecule has 20 heavy (non-hydrogen) atoms. The first-order chi connectivity index (χ1) is 9.59. The van der Waals surface area contributed by atoms with E-state index in [1.165, 1.54) is 5.56 Å². The molecule has 0 spiro atoms. The number of benzene rings is 1. The Morgan fingerprint density at radius 3 is 2.95 bits per heavy atom. The van der Waals surface area contributed by atoms with Crippen molar-refractivity contribution in [2.75, 3.05) is 26.7 Å². The topological polar surface area (TPSA) is 41.6 Å². The zero-order chi connectivity index (χ0) is 14.5. The maximum Gasteiger partial charge on any atom is 0.231 e. The Balaban J connectivity index is 1.99. The Morgan fingerprint density at radius 2 is 2.20 bits per heavy atom. The normalized spacial score (nSPS) is 17.9. The highest BCUT2D eigenvalue weighted by Crippen LogP contribution is 2.25. The molecule has 4 nitrogen and oxygen atoms in total. The van der Waals surface area contributed by atoms with Crippen LogP contribution < -0.4 is 5.32 Å². The molecule has 1 heterocycles. The van der Waals surface area contributed by atoms with Crippen molar-refractivity contribution in [3.63, 3.8) is 0 Å². The third-order valence-electron chi connectivity index (χ3n) is 3.65. The number of rotatable bonds is 5. The summed E-state index contributed by atoms with van der Waals surface area (Å²) in [6, 6.07) is 8.18. The van der Waals surface area contributed by atoms with Gasteiger partial charge in [-0.2, -0.15) is 0 Å². The van der Waals surface area contributed by atoms with Crippen LogP contribution in [0.25, 0.3) is 0 Å². The molecule has 1 unspecified atom stereocenters. The lowest BCUT2D eigenvalue weighted by Crippen LogP contribution is -2.41. The first kappa shape index (κ1) is 15.0. The van der Waals surface area contributed by atoms with E-state index >= 15 is 0 Å². The Labute approximate surface area is 121 Å². The first-order valence-corrected chi connectivity index (χ1v) is 7.24. The smallest absolute Gasteiger partial charge is 0.231 e. The zero-order valence-corrected chi connectivity index (χ0v) is 12.6. The second kappa shape index (κ2) is 6.86. The van der Waals surface area contributed by atoms with Crippen LogP contribution in [0.15, 0.2) is 24.3 Å². The van der Waals surface area contributed by atoms with Crippen molar-refractivity contribution >= 4 is 5.91 Å². The van der Waals surface area contributed by atoms with E-state index in [9.17, 15) is 4.79 Å². The van der Waals surface area contributed by atoms with Crippen LogP contribution in [-0.4, -0.2) is 43.7 Å². The number of carbonyl (C=O) groups excluding carboxylic acids is 1. The highest BCUT2D eigenvalue weighted by Gasteiger charge is 2.28. The van der Waals surface area contributed by atoms with E-state index in [1.807, 2.05) is 33.0 Å². The van der Waals surface area contributed by atoms with Gasteiger partial charge in [-0.1, -0.05) is 24.3 Å². The number of nitrogens with zero attached hydrogens (tertiary/aromatic N) is 1. The summed E-state index contributed by atoms with van der Waals surface area (Å²) in [5.41, 5.74) is 2.39. The molecule has 1 aliphatic heterocycles. The van der Waals surface area contributed by atoms with Gasteiger partial charge in [-0.3, -0.25) is 4.79 Å². The molecule has 1 aromatic rings. The van der Waals surface area contributed by atoms with Gasteiger partial charge in [0, 0.05) is 26.7 Å². The maximum atomic E-state index is 12.6. The van der Waals surface area contributed by atoms with Gasteiger partial charge < -0.3 is 15.0 Å². The molecule has 1 aliphatic rings. The van der Waals surface area contributed by atoms with Gasteiger partial charge in [0.1, 0.15) is 0 Å². The molecular weight excluding hydrogens is 252 g/mol. The minimum Gasteiger partial charge on any atom is -0.377 e. The van der Waals surface area contributed by atoms with E-state index in [0.717, 1.165) is 12.1 Å². The van der Waals surface area contributed by atoms with Crippen LogP contribution in [0.4, 0.5) is 0 Å². The molecule has 0 bridgehead atoms. The standard InChI is InChI=1S/C16H24N2O2/c1-12(2)20-9-8-18(3)16(19)15-11-17-10-13-6-4-5-7-14(13)15/h4-7,12,15,17H,8-11H2,1-3H3. The van der Waals surface area contributed by atoms with Crippen molar-refractivity contribution in [3.8, 4) is 0 Å². The lowest BCUT2D eigenvalue weighted by molar-refractivity contribution is -0.132. The number of amides is 1. The van der Waals surface area contributed by atoms with E-state index in [4.69, 9.17) is 4.74 Å². The largest absolute Gasteiger partial charge is 0.377 e. The average Bonchev–Trinajstić information content (AvgIpc) is 2.45. The van der Waals surface area contributed by atoms with Crippen LogP contribution in [-0.2, 0) is 16.1 Å². The highest BCUT2D eigenvalue weighted by molar-refractivity contribution is 5.84. The summed E-state index contributed by atoms with van der Waals surface area (Å²) < 4.78 is 5.51. The van der Waals surface area contributed by atoms with Crippen LogP contribution in [0, 0.1) is 0 Å². The molecule has 1 atom stereocenters. The van der Waals surface area contributed by atoms with Gasteiger partial charge in [-0.05, 0) is 25.0 Å². The van der Waals surface area contributed by atoms with E-state index in [0.29, 0.717) is 19.7 Å². The fraction of sp³-hybridized carbons (Fsp3) is 0.562. The van der Waals surface area contributed by atoms with Gasteiger partial charge in [0.05, 0.1) is 18.6 Å². The van der Waals surface area contributed by atoms with E-state index in [1.54, 1.807) is 4.90 Å². The molecule has 0 saturated heterocycles. The predicted octanol–water partition coefficient (Wildman–Crippen LogP) is 1.76. The number of fused-ring (bicyclic) bond motifs is 1. The van der Waals surface area contributed by atoms with Gasteiger partial charge in [-0.15, -0.1) is 0 Å². The minimum atomic E-state index is -0.0796. The van der Waals surface area contributed by atoms with Gasteiger partial charge >= 0.3 is 0 Å². The molecule has 1 amide bonds. The van der Waals surface area contributed by atoms with Gasteiger partial charge in [0.25, 0.3) is 0 Å². The van der Waals surface area contributed by atoms with Crippen molar-refractivity contribution in [1.82, 2.24) is 10.2 Å². The van der Waals surface area contributed by atoms with Crippen molar-refractivity contribution in [1.29, 1.82) is 0 Å². The third kappa shape index (κ3) is 3.58. The Morgan fingerprint density at radius 1 is 1.45 bits per heavy atom. The predicted molar refractivity (Wildman–Crippen MR) is 79.6 cm³/mol. The lowest BCUT2D eigenvalue weighted by atomic mass is 9.90. The average molecular weight is 276 g/mol. The van der Waals surface area contributed by atoms with Crippen LogP contribution in [0.5, 0.6) is 0 Å². The van der Waals surface area contributed by atoms with Crippen LogP contribution in [0.3, 0.4) is 0 Å². The molecular formula is C16H24N2O2. The van der Waals surface area contributed by atoms with E-state index < -0.39 is 0 Å². The van der Waals surface area contributed by atoms with E-state index in [-0.39, 0.29) is 17.9 Å². The summed E-state index contributed by atoms with van der Waals surface area (Å²) in [6.45, 7) is 6.79. The molecule has 0 fully saturated rings. The maximum absolute atomic E-state index is 12.6. The molecule has 1 N–H and O–H groups in total. The summed E-state index contributed by atoms with van der Waals surface area (Å²) in [5.74, 6) is 0.0843. The first-order valence-electron chi connectivity index (χ1n) is 7.24. The molecule has 0 aromatic heterocycles. The number of carbonyl (C=O) groups is 1. The molecule has 110 valence electrons. The van der Waals surface area contributed by atoms with Crippen molar-refractivity contribution < 1.29 is 9.53 Å². The minimum absolute atomic E-state index is 0.0796. The summed E-state index contributed by atoms with van der Waals surface area (Å²) in [7, 11) is 1.85. The Bertz CT molecular complexity index is 460. The van der Waals surface area contributed by atoms with Crippen LogP contribution in [0.2, 0.25) is 0 Å². The quantitative estimate of drug-likeness (QED) is 0.891. The van der Waals surface area contributed by atoms with Gasteiger partial charge in [0.15, 0.2) is 0 Å². The van der Waals surface area contributed by atoms with Crippen LogP contribution in [0.1, 0.15) is 30.9 Å². The van der Waals surface area contributed by atoms with Crippen molar-refractivity contribution in [2.24, 2.45) is 0 Å². The van der Waals surface area contributed by atoms with Crippen molar-refractivity contribution in [3.05, 3.63) is 35.4 Å². The molecule has 0 aliphatic carbocycles. The zero-order valence-electron chi connectivity index (χ0n) is 12.6. The second-order valence-corrected chi connectivity index (χ2v) is 5.56. The molecule has 0 saturated carbocycles. The third-order valence-corrected chi connectivity index (χ3v) is 3.65. The monoisotopic (exact) mass is 276 g/mol. The summed E-state index contributed by atoms with van der Waals surface area (Å²) in [5, 5.41) is 3.32. The summed E-state index contributed by atoms with van der Waals surface area (Å²) in [6.07, 6.45) is 0.204. The highest BCUT2D eigenvalue weighted by atomic mass is 16.5. The molecule has 4 heteroatoms. The summed E-state index contributed by atoms with van der Waals surface area (Å²) >= 11 is 0. The van der Waals surface area contributed by atoms with Gasteiger partial charge in [0.2, 0.25) is 5.91 Å². The number of ether oxygens (including phenoxy) is 1. The SMILES string of the molecule is CC(C)OCCN(C)C(=O)C1CNCc2ccccc21. The number of hydrogen-bond donors (Lipinski definition) is 1. The van der Waals surface area contributed by atoms with E-state index in [2.05, 4.69) is 17.4 Å². The Kier molecular flexibility index (Phi) is 5.15. The fourth-order valence-corrected chi connectivity index (χ4v) is 2.52. The molecule has 2 rings (SSSR count). The van der Waals surface area contributed by atoms with Crippen LogP contribution >= 0.6 is 0 Å². The molecule has 1 aromatic carbocycles. The number of likely N-dealkylation sites (N-methyl/N-ethyl adjacent to an activating group) is 1. The Hall–Kier alpha value is -1.39. The van der Waals surface area contributed by atoms with Gasteiger partial charge in [-0.25, -0.2) is 0 Å². The fourth-order valence-electron chi connectivity index (χ4n) is 2.52. The second-order valence-electron chi connectivity index (χ2n) is 5.56. The summed E-state index contributed by atoms with van der Waals surface area (Å²) in [4.78, 5) is 14.3.